The minimum Gasteiger partial charge on any atom is -0.368 e. The summed E-state index contributed by atoms with van der Waals surface area (Å²) in [6.45, 7) is 3.91. The van der Waals surface area contributed by atoms with Crippen LogP contribution in [-0.2, 0) is 19.8 Å². The molecule has 0 unspecified atom stereocenters. The fraction of sp³-hybridized carbons (Fsp3) is 0.464. The second-order valence-electron chi connectivity index (χ2n) is 10.2. The molecule has 0 aromatic heterocycles. The van der Waals surface area contributed by atoms with Crippen LogP contribution in [0.15, 0.2) is 54.6 Å². The molecule has 2 aliphatic heterocycles. The molecule has 1 saturated carbocycles. The van der Waals surface area contributed by atoms with Gasteiger partial charge in [0, 0.05) is 50.2 Å². The maximum absolute atomic E-state index is 14.3. The van der Waals surface area contributed by atoms with Gasteiger partial charge in [0.05, 0.1) is 5.41 Å². The summed E-state index contributed by atoms with van der Waals surface area (Å²) in [6, 6.07) is 15.8. The van der Waals surface area contributed by atoms with Gasteiger partial charge in [-0.05, 0) is 49.6 Å². The Balaban J connectivity index is 1.40. The molecule has 2 saturated heterocycles. The molecule has 5 rings (SSSR count). The van der Waals surface area contributed by atoms with E-state index in [9.17, 15) is 18.8 Å². The highest BCUT2D eigenvalue weighted by Crippen LogP contribution is 2.43. The van der Waals surface area contributed by atoms with Crippen molar-refractivity contribution >= 4 is 23.4 Å². The van der Waals surface area contributed by atoms with Crippen molar-refractivity contribution in [3.8, 4) is 0 Å². The van der Waals surface area contributed by atoms with E-state index in [1.54, 1.807) is 12.1 Å². The number of amides is 3. The average molecular weight is 478 g/mol. The van der Waals surface area contributed by atoms with Crippen molar-refractivity contribution in [2.45, 2.75) is 62.9 Å². The minimum atomic E-state index is -1.35. The molecular formula is C28H32FN3O3. The van der Waals surface area contributed by atoms with E-state index < -0.39 is 11.2 Å². The zero-order chi connectivity index (χ0) is 24.6. The normalized spacial score (nSPS) is 25.5. The van der Waals surface area contributed by atoms with Crippen molar-refractivity contribution in [2.75, 3.05) is 24.5 Å². The summed E-state index contributed by atoms with van der Waals surface area (Å²) in [5.74, 6) is -1.23. The molecule has 35 heavy (non-hydrogen) atoms. The molecule has 0 bridgehead atoms. The molecule has 0 spiro atoms. The lowest BCUT2D eigenvalue weighted by Gasteiger charge is -2.42. The molecule has 3 aliphatic rings. The van der Waals surface area contributed by atoms with Gasteiger partial charge in [0.2, 0.25) is 17.7 Å². The Kier molecular flexibility index (Phi) is 6.34. The first kappa shape index (κ1) is 23.5. The van der Waals surface area contributed by atoms with Gasteiger partial charge in [-0.3, -0.25) is 19.3 Å². The predicted molar refractivity (Wildman–Crippen MR) is 131 cm³/mol. The van der Waals surface area contributed by atoms with Gasteiger partial charge in [-0.25, -0.2) is 4.39 Å². The van der Waals surface area contributed by atoms with Crippen molar-refractivity contribution in [3.05, 3.63) is 66.0 Å². The molecule has 2 atom stereocenters. The van der Waals surface area contributed by atoms with Gasteiger partial charge >= 0.3 is 0 Å². The summed E-state index contributed by atoms with van der Waals surface area (Å²) < 4.78 is 14.3. The fourth-order valence-corrected chi connectivity index (χ4v) is 6.11. The molecule has 184 valence electrons. The Morgan fingerprint density at radius 1 is 1.03 bits per heavy atom. The van der Waals surface area contributed by atoms with Crippen LogP contribution in [0.4, 0.5) is 10.1 Å². The number of likely N-dealkylation sites (tertiary alicyclic amines) is 1. The maximum Gasteiger partial charge on any atom is 0.241 e. The number of carbonyl (C=O) groups is 3. The van der Waals surface area contributed by atoms with Crippen molar-refractivity contribution in [3.63, 3.8) is 0 Å². The van der Waals surface area contributed by atoms with E-state index in [1.165, 1.54) is 17.0 Å². The summed E-state index contributed by atoms with van der Waals surface area (Å²) in [7, 11) is 0. The molecule has 2 heterocycles. The lowest BCUT2D eigenvalue weighted by molar-refractivity contribution is -0.145. The number of hydrogen-bond donors (Lipinski definition) is 0. The molecule has 3 fully saturated rings. The van der Waals surface area contributed by atoms with E-state index in [0.29, 0.717) is 25.2 Å². The topological polar surface area (TPSA) is 60.9 Å². The zero-order valence-electron chi connectivity index (χ0n) is 20.2. The number of anilines is 1. The quantitative estimate of drug-likeness (QED) is 0.613. The van der Waals surface area contributed by atoms with Crippen LogP contribution in [0, 0.1) is 5.82 Å². The third-order valence-corrected chi connectivity index (χ3v) is 7.94. The summed E-state index contributed by atoms with van der Waals surface area (Å²) in [5, 5.41) is 0. The van der Waals surface area contributed by atoms with Gasteiger partial charge in [0.1, 0.15) is 5.82 Å². The number of rotatable bonds is 5. The molecule has 6 nitrogen and oxygen atoms in total. The monoisotopic (exact) mass is 477 g/mol. The summed E-state index contributed by atoms with van der Waals surface area (Å²) in [4.78, 5) is 46.2. The van der Waals surface area contributed by atoms with E-state index in [-0.39, 0.29) is 42.6 Å². The molecule has 0 radical (unpaired) electrons. The maximum atomic E-state index is 14.3. The third-order valence-electron chi connectivity index (χ3n) is 7.94. The van der Waals surface area contributed by atoms with Crippen LogP contribution < -0.4 is 4.90 Å². The first-order valence-corrected chi connectivity index (χ1v) is 12.6. The Hall–Kier alpha value is -3.22. The molecule has 3 amide bonds. The molecular weight excluding hydrogens is 445 g/mol. The van der Waals surface area contributed by atoms with Crippen molar-refractivity contribution in [1.82, 2.24) is 9.80 Å². The number of carbonyl (C=O) groups excluding carboxylic acids is 3. The van der Waals surface area contributed by atoms with Gasteiger partial charge in [0.15, 0.2) is 0 Å². The number of para-hydroxylation sites is 1. The van der Waals surface area contributed by atoms with Gasteiger partial charge < -0.3 is 9.80 Å². The van der Waals surface area contributed by atoms with Crippen molar-refractivity contribution in [1.29, 1.82) is 0 Å². The van der Waals surface area contributed by atoms with Gasteiger partial charge in [-0.15, -0.1) is 0 Å². The largest absolute Gasteiger partial charge is 0.368 e. The first-order valence-electron chi connectivity index (χ1n) is 12.6. The van der Waals surface area contributed by atoms with E-state index in [1.807, 2.05) is 30.0 Å². The van der Waals surface area contributed by atoms with Crippen LogP contribution in [-0.4, -0.2) is 59.2 Å². The van der Waals surface area contributed by atoms with Crippen LogP contribution in [0.25, 0.3) is 0 Å². The third kappa shape index (κ3) is 4.32. The molecule has 0 N–H and O–H groups in total. The molecule has 7 heteroatoms. The fourth-order valence-electron chi connectivity index (χ4n) is 6.11. The molecule has 2 aromatic rings. The van der Waals surface area contributed by atoms with E-state index in [4.69, 9.17) is 0 Å². The van der Waals surface area contributed by atoms with E-state index in [0.717, 1.165) is 31.4 Å². The standard InChI is InChI=1S/C28H32FN3O3/c1-20-19-30(23-10-3-2-4-11-23)14-15-31(20)25(33)17-28(21-8-7-9-22(29)16-21)18-26(34)32(27(28)35)24-12-5-6-13-24/h2-4,7-11,16,20,24H,5-6,12-15,17-19H2,1H3/t20-,28+/m0/s1. The second-order valence-corrected chi connectivity index (χ2v) is 10.2. The smallest absolute Gasteiger partial charge is 0.241 e. The average Bonchev–Trinajstić information content (AvgIpc) is 3.46. The predicted octanol–water partition coefficient (Wildman–Crippen LogP) is 3.89. The number of nitrogens with zero attached hydrogens (tertiary/aromatic N) is 3. The molecule has 2 aromatic carbocycles. The van der Waals surface area contributed by atoms with Crippen molar-refractivity contribution in [2.24, 2.45) is 0 Å². The number of halogens is 1. The van der Waals surface area contributed by atoms with Crippen LogP contribution in [0.3, 0.4) is 0 Å². The van der Waals surface area contributed by atoms with E-state index >= 15 is 0 Å². The van der Waals surface area contributed by atoms with E-state index in [2.05, 4.69) is 17.0 Å². The summed E-state index contributed by atoms with van der Waals surface area (Å²) in [6.07, 6.45) is 3.34. The highest BCUT2D eigenvalue weighted by Gasteiger charge is 2.56. The van der Waals surface area contributed by atoms with Gasteiger partial charge in [-0.1, -0.05) is 43.2 Å². The Labute approximate surface area is 205 Å². The van der Waals surface area contributed by atoms with Crippen LogP contribution in [0.5, 0.6) is 0 Å². The van der Waals surface area contributed by atoms with Crippen LogP contribution in [0.2, 0.25) is 0 Å². The lowest BCUT2D eigenvalue weighted by Crippen LogP contribution is -2.55. The number of piperazine rings is 1. The van der Waals surface area contributed by atoms with Crippen LogP contribution in [0.1, 0.15) is 51.0 Å². The summed E-state index contributed by atoms with van der Waals surface area (Å²) >= 11 is 0. The molecule has 1 aliphatic carbocycles. The first-order chi connectivity index (χ1) is 16.9. The van der Waals surface area contributed by atoms with Crippen LogP contribution >= 0.6 is 0 Å². The lowest BCUT2D eigenvalue weighted by atomic mass is 9.75. The summed E-state index contributed by atoms with van der Waals surface area (Å²) in [5.41, 5.74) is 0.182. The van der Waals surface area contributed by atoms with Gasteiger partial charge in [0.25, 0.3) is 0 Å². The zero-order valence-corrected chi connectivity index (χ0v) is 20.2. The minimum absolute atomic E-state index is 0.0563. The number of benzene rings is 2. The number of imide groups is 1. The second kappa shape index (κ2) is 9.44. The highest BCUT2D eigenvalue weighted by molar-refractivity contribution is 6.11. The van der Waals surface area contributed by atoms with Gasteiger partial charge in [-0.2, -0.15) is 0 Å². The Morgan fingerprint density at radius 3 is 2.46 bits per heavy atom. The SMILES string of the molecule is C[C@H]1CN(c2ccccc2)CCN1C(=O)C[C@]1(c2cccc(F)c2)CC(=O)N(C2CCCC2)C1=O. The highest BCUT2D eigenvalue weighted by atomic mass is 19.1. The Morgan fingerprint density at radius 2 is 1.77 bits per heavy atom. The Bertz CT molecular complexity index is 1120. The van der Waals surface area contributed by atoms with Crippen molar-refractivity contribution < 1.29 is 18.8 Å². The number of hydrogen-bond acceptors (Lipinski definition) is 4.